The second kappa shape index (κ2) is 6.25. The van der Waals surface area contributed by atoms with Crippen LogP contribution in [0.4, 0.5) is 0 Å². The van der Waals surface area contributed by atoms with Crippen molar-refractivity contribution in [3.05, 3.63) is 51.8 Å². The van der Waals surface area contributed by atoms with Crippen LogP contribution in [-0.2, 0) is 19.4 Å². The molecule has 0 saturated heterocycles. The van der Waals surface area contributed by atoms with Gasteiger partial charge in [-0.25, -0.2) is 0 Å². The summed E-state index contributed by atoms with van der Waals surface area (Å²) in [6.45, 7) is 10.8. The summed E-state index contributed by atoms with van der Waals surface area (Å²) in [6, 6.07) is 6.34. The van der Waals surface area contributed by atoms with Gasteiger partial charge in [-0.3, -0.25) is 9.48 Å². The summed E-state index contributed by atoms with van der Waals surface area (Å²) in [5, 5.41) is 4.69. The third kappa shape index (κ3) is 2.92. The fourth-order valence-corrected chi connectivity index (χ4v) is 2.94. The Morgan fingerprint density at radius 3 is 2.24 bits per heavy atom. The molecule has 0 saturated carbocycles. The Balaban J connectivity index is 2.52. The Morgan fingerprint density at radius 1 is 1.14 bits per heavy atom. The first-order chi connectivity index (χ1) is 9.99. The van der Waals surface area contributed by atoms with Crippen molar-refractivity contribution in [2.45, 2.75) is 54.0 Å². The average Bonchev–Trinajstić information content (AvgIpc) is 2.80. The molecule has 0 aliphatic rings. The monoisotopic (exact) mass is 284 g/mol. The van der Waals surface area contributed by atoms with Gasteiger partial charge in [-0.2, -0.15) is 5.10 Å². The van der Waals surface area contributed by atoms with Gasteiger partial charge in [-0.05, 0) is 50.3 Å². The van der Waals surface area contributed by atoms with Gasteiger partial charge >= 0.3 is 0 Å². The molecule has 0 unspecified atom stereocenters. The average molecular weight is 284 g/mol. The zero-order chi connectivity index (χ0) is 15.6. The summed E-state index contributed by atoms with van der Waals surface area (Å²) in [5.41, 5.74) is 6.65. The molecular weight excluding hydrogens is 260 g/mol. The Kier molecular flexibility index (Phi) is 4.61. The quantitative estimate of drug-likeness (QED) is 0.781. The first kappa shape index (κ1) is 15.5. The van der Waals surface area contributed by atoms with Crippen molar-refractivity contribution in [2.75, 3.05) is 0 Å². The van der Waals surface area contributed by atoms with Crippen LogP contribution in [0, 0.1) is 13.8 Å². The molecule has 1 heterocycles. The molecule has 112 valence electrons. The highest BCUT2D eigenvalue weighted by atomic mass is 16.1. The van der Waals surface area contributed by atoms with Crippen LogP contribution < -0.4 is 0 Å². The van der Waals surface area contributed by atoms with Gasteiger partial charge in [0.05, 0.1) is 17.8 Å². The van der Waals surface area contributed by atoms with E-state index in [1.807, 2.05) is 4.68 Å². The van der Waals surface area contributed by atoms with Gasteiger partial charge < -0.3 is 0 Å². The Bertz CT molecular complexity index is 648. The second-order valence-corrected chi connectivity index (χ2v) is 5.56. The summed E-state index contributed by atoms with van der Waals surface area (Å²) >= 11 is 0. The van der Waals surface area contributed by atoms with E-state index in [0.717, 1.165) is 36.3 Å². The summed E-state index contributed by atoms with van der Waals surface area (Å²) in [4.78, 5) is 12.0. The van der Waals surface area contributed by atoms with Crippen molar-refractivity contribution in [3.63, 3.8) is 0 Å². The number of rotatable bonds is 5. The predicted molar refractivity (Wildman–Crippen MR) is 86.0 cm³/mol. The summed E-state index contributed by atoms with van der Waals surface area (Å²) in [6.07, 6.45) is 1.62. The maximum atomic E-state index is 12.0. The molecule has 0 atom stereocenters. The van der Waals surface area contributed by atoms with Gasteiger partial charge in [0, 0.05) is 5.69 Å². The van der Waals surface area contributed by atoms with E-state index in [1.54, 1.807) is 6.92 Å². The molecule has 0 fully saturated rings. The van der Waals surface area contributed by atoms with E-state index in [1.165, 1.54) is 16.7 Å². The Hall–Kier alpha value is -1.90. The highest BCUT2D eigenvalue weighted by Gasteiger charge is 2.19. The number of aryl methyl sites for hydroxylation is 3. The van der Waals surface area contributed by atoms with Crippen molar-refractivity contribution in [1.82, 2.24) is 9.78 Å². The lowest BCUT2D eigenvalue weighted by Gasteiger charge is -2.12. The Morgan fingerprint density at radius 2 is 1.76 bits per heavy atom. The normalized spacial score (nSPS) is 10.9. The Labute approximate surface area is 127 Å². The number of Topliss-reactive ketones (excluding diaryl/α,β-unsaturated/α-hetero) is 1. The van der Waals surface area contributed by atoms with E-state index < -0.39 is 0 Å². The number of hydrogen-bond acceptors (Lipinski definition) is 2. The van der Waals surface area contributed by atoms with Crippen LogP contribution in [0.1, 0.15) is 59.2 Å². The molecule has 0 aliphatic carbocycles. The van der Waals surface area contributed by atoms with E-state index in [2.05, 4.69) is 45.9 Å². The van der Waals surface area contributed by atoms with Crippen LogP contribution in [0.25, 0.3) is 0 Å². The van der Waals surface area contributed by atoms with Crippen LogP contribution in [0.5, 0.6) is 0 Å². The third-order valence-electron chi connectivity index (χ3n) is 4.10. The molecule has 0 N–H and O–H groups in total. The fraction of sp³-hybridized carbons (Fsp3) is 0.444. The maximum Gasteiger partial charge on any atom is 0.163 e. The zero-order valence-electron chi connectivity index (χ0n) is 13.7. The van der Waals surface area contributed by atoms with Crippen LogP contribution in [0.15, 0.2) is 18.2 Å². The van der Waals surface area contributed by atoms with E-state index in [-0.39, 0.29) is 5.78 Å². The number of hydrogen-bond donors (Lipinski definition) is 0. The van der Waals surface area contributed by atoms with E-state index in [0.29, 0.717) is 0 Å². The SMILES string of the molecule is CCc1nn(Cc2c(C)cccc2C)c(CC)c1C(C)=O. The van der Waals surface area contributed by atoms with Gasteiger partial charge in [0.15, 0.2) is 5.78 Å². The van der Waals surface area contributed by atoms with E-state index in [4.69, 9.17) is 5.10 Å². The largest absolute Gasteiger partial charge is 0.294 e. The molecule has 0 bridgehead atoms. The van der Waals surface area contributed by atoms with Crippen LogP contribution in [-0.4, -0.2) is 15.6 Å². The minimum absolute atomic E-state index is 0.122. The molecule has 0 aliphatic heterocycles. The van der Waals surface area contributed by atoms with Crippen LogP contribution in [0.3, 0.4) is 0 Å². The first-order valence-electron chi connectivity index (χ1n) is 7.64. The number of carbonyl (C=O) groups excluding carboxylic acids is 1. The maximum absolute atomic E-state index is 12.0. The van der Waals surface area contributed by atoms with Gasteiger partial charge in [0.2, 0.25) is 0 Å². The number of carbonyl (C=O) groups is 1. The fourth-order valence-electron chi connectivity index (χ4n) is 2.94. The number of benzene rings is 1. The second-order valence-electron chi connectivity index (χ2n) is 5.56. The first-order valence-corrected chi connectivity index (χ1v) is 7.64. The van der Waals surface area contributed by atoms with Crippen molar-refractivity contribution in [1.29, 1.82) is 0 Å². The molecule has 1 aromatic heterocycles. The molecule has 0 amide bonds. The molecule has 3 heteroatoms. The molecule has 0 radical (unpaired) electrons. The highest BCUT2D eigenvalue weighted by molar-refractivity contribution is 5.96. The molecule has 1 aromatic carbocycles. The topological polar surface area (TPSA) is 34.9 Å². The zero-order valence-corrected chi connectivity index (χ0v) is 13.7. The standard InChI is InChI=1S/C18H24N2O/c1-6-16-18(14(5)21)17(7-2)20(19-16)11-15-12(3)9-8-10-13(15)4/h8-10H,6-7,11H2,1-5H3. The third-order valence-corrected chi connectivity index (χ3v) is 4.10. The molecule has 21 heavy (non-hydrogen) atoms. The van der Waals surface area contributed by atoms with Crippen molar-refractivity contribution < 1.29 is 4.79 Å². The number of ketones is 1. The van der Waals surface area contributed by atoms with E-state index >= 15 is 0 Å². The summed E-state index contributed by atoms with van der Waals surface area (Å²) in [7, 11) is 0. The number of aromatic nitrogens is 2. The number of nitrogens with zero attached hydrogens (tertiary/aromatic N) is 2. The van der Waals surface area contributed by atoms with Gasteiger partial charge in [-0.1, -0.05) is 32.0 Å². The van der Waals surface area contributed by atoms with Gasteiger partial charge in [-0.15, -0.1) is 0 Å². The minimum Gasteiger partial charge on any atom is -0.294 e. The molecule has 2 rings (SSSR count). The lowest BCUT2D eigenvalue weighted by atomic mass is 10.0. The lowest BCUT2D eigenvalue weighted by molar-refractivity contribution is 0.101. The molecule has 3 nitrogen and oxygen atoms in total. The highest BCUT2D eigenvalue weighted by Crippen LogP contribution is 2.21. The smallest absolute Gasteiger partial charge is 0.163 e. The summed E-state index contributed by atoms with van der Waals surface area (Å²) in [5.74, 6) is 0.122. The van der Waals surface area contributed by atoms with Crippen molar-refractivity contribution >= 4 is 5.78 Å². The van der Waals surface area contributed by atoms with Gasteiger partial charge in [0.25, 0.3) is 0 Å². The predicted octanol–water partition coefficient (Wildman–Crippen LogP) is 3.88. The van der Waals surface area contributed by atoms with E-state index in [9.17, 15) is 4.79 Å². The van der Waals surface area contributed by atoms with Gasteiger partial charge in [0.1, 0.15) is 0 Å². The molecule has 2 aromatic rings. The molecular formula is C18H24N2O. The van der Waals surface area contributed by atoms with Crippen LogP contribution in [0.2, 0.25) is 0 Å². The van der Waals surface area contributed by atoms with Crippen molar-refractivity contribution in [2.24, 2.45) is 0 Å². The molecule has 0 spiro atoms. The van der Waals surface area contributed by atoms with Crippen LogP contribution >= 0.6 is 0 Å². The van der Waals surface area contributed by atoms with Crippen molar-refractivity contribution in [3.8, 4) is 0 Å². The summed E-state index contributed by atoms with van der Waals surface area (Å²) < 4.78 is 2.02. The lowest BCUT2D eigenvalue weighted by Crippen LogP contribution is -2.10. The minimum atomic E-state index is 0.122.